The lowest BCUT2D eigenvalue weighted by Gasteiger charge is -2.12. The number of halogens is 1. The minimum Gasteiger partial charge on any atom is -0.497 e. The lowest BCUT2D eigenvalue weighted by molar-refractivity contribution is 0.414. The van der Waals surface area contributed by atoms with Gasteiger partial charge in [0, 0.05) is 23.7 Å². The van der Waals surface area contributed by atoms with Crippen molar-refractivity contribution in [2.75, 3.05) is 12.8 Å². The summed E-state index contributed by atoms with van der Waals surface area (Å²) in [5.41, 5.74) is 10.4. The molecule has 3 aromatic rings. The molecular formula is C20H18ClN3O. The van der Waals surface area contributed by atoms with E-state index in [0.717, 1.165) is 22.6 Å². The van der Waals surface area contributed by atoms with Gasteiger partial charge in [-0.2, -0.15) is 5.26 Å². The summed E-state index contributed by atoms with van der Waals surface area (Å²) in [4.78, 5) is 0. The first-order chi connectivity index (χ1) is 12.1. The number of benzene rings is 2. The third-order valence-corrected chi connectivity index (χ3v) is 4.39. The van der Waals surface area contributed by atoms with Gasteiger partial charge in [0.25, 0.3) is 0 Å². The number of methoxy groups -OCH3 is 1. The number of nitrogen functional groups attached to an aromatic ring is 1. The number of rotatable bonds is 5. The second-order valence-electron chi connectivity index (χ2n) is 5.78. The Hall–Kier alpha value is -2.90. The number of hydrogen-bond acceptors (Lipinski definition) is 3. The van der Waals surface area contributed by atoms with E-state index in [1.54, 1.807) is 13.2 Å². The van der Waals surface area contributed by atoms with Crippen LogP contribution in [0.2, 0.25) is 5.02 Å². The van der Waals surface area contributed by atoms with E-state index in [-0.39, 0.29) is 0 Å². The smallest absolute Gasteiger partial charge is 0.122 e. The van der Waals surface area contributed by atoms with E-state index < -0.39 is 0 Å². The Labute approximate surface area is 152 Å². The average Bonchev–Trinajstić information content (AvgIpc) is 2.93. The van der Waals surface area contributed by atoms with Crippen molar-refractivity contribution >= 4 is 17.3 Å². The molecule has 1 aromatic heterocycles. The highest BCUT2D eigenvalue weighted by molar-refractivity contribution is 6.30. The van der Waals surface area contributed by atoms with Gasteiger partial charge >= 0.3 is 0 Å². The van der Waals surface area contributed by atoms with E-state index in [0.29, 0.717) is 29.4 Å². The second kappa shape index (κ2) is 7.33. The third-order valence-electron chi connectivity index (χ3n) is 4.14. The quantitative estimate of drug-likeness (QED) is 0.747. The van der Waals surface area contributed by atoms with Gasteiger partial charge in [-0.25, -0.2) is 0 Å². The molecule has 0 fully saturated rings. The van der Waals surface area contributed by atoms with Gasteiger partial charge in [-0.15, -0.1) is 0 Å². The molecule has 25 heavy (non-hydrogen) atoms. The van der Waals surface area contributed by atoms with E-state index in [1.807, 2.05) is 53.1 Å². The fourth-order valence-electron chi connectivity index (χ4n) is 2.79. The van der Waals surface area contributed by atoms with Crippen LogP contribution in [0.25, 0.3) is 0 Å². The van der Waals surface area contributed by atoms with E-state index in [2.05, 4.69) is 6.07 Å². The highest BCUT2D eigenvalue weighted by atomic mass is 35.5. The monoisotopic (exact) mass is 351 g/mol. The van der Waals surface area contributed by atoms with E-state index in [1.165, 1.54) is 0 Å². The Morgan fingerprint density at radius 2 is 1.72 bits per heavy atom. The number of nitrogens with zero attached hydrogens (tertiary/aromatic N) is 2. The van der Waals surface area contributed by atoms with Crippen LogP contribution >= 0.6 is 11.6 Å². The Balaban J connectivity index is 1.93. The fourth-order valence-corrected chi connectivity index (χ4v) is 2.92. The van der Waals surface area contributed by atoms with Gasteiger partial charge in [-0.3, -0.25) is 0 Å². The molecule has 126 valence electrons. The molecule has 0 radical (unpaired) electrons. The predicted octanol–water partition coefficient (Wildman–Crippen LogP) is 4.24. The number of nitrogens with two attached hydrogens (primary N) is 1. The van der Waals surface area contributed by atoms with Crippen LogP contribution in [0.15, 0.2) is 54.6 Å². The maximum absolute atomic E-state index is 9.46. The predicted molar refractivity (Wildman–Crippen MR) is 99.9 cm³/mol. The number of ether oxygens (including phenoxy) is 1. The molecule has 2 aromatic carbocycles. The molecule has 0 saturated heterocycles. The Morgan fingerprint density at radius 3 is 2.32 bits per heavy atom. The maximum Gasteiger partial charge on any atom is 0.122 e. The molecular weight excluding hydrogens is 334 g/mol. The van der Waals surface area contributed by atoms with Crippen molar-refractivity contribution in [1.29, 1.82) is 5.26 Å². The first kappa shape index (κ1) is 16.9. The van der Waals surface area contributed by atoms with Crippen LogP contribution < -0.4 is 10.5 Å². The van der Waals surface area contributed by atoms with Gasteiger partial charge < -0.3 is 15.0 Å². The molecule has 0 aliphatic carbocycles. The van der Waals surface area contributed by atoms with Crippen LogP contribution in [0.1, 0.15) is 22.5 Å². The molecule has 0 atom stereocenters. The van der Waals surface area contributed by atoms with E-state index >= 15 is 0 Å². The van der Waals surface area contributed by atoms with Crippen LogP contribution in [0.4, 0.5) is 5.69 Å². The van der Waals surface area contributed by atoms with E-state index in [9.17, 15) is 5.26 Å². The van der Waals surface area contributed by atoms with Gasteiger partial charge in [0.15, 0.2) is 0 Å². The Kier molecular flexibility index (Phi) is 4.97. The highest BCUT2D eigenvalue weighted by Crippen LogP contribution is 2.24. The molecule has 0 amide bonds. The number of anilines is 1. The number of aromatic nitrogens is 1. The topological polar surface area (TPSA) is 64.0 Å². The van der Waals surface area contributed by atoms with Crippen molar-refractivity contribution in [1.82, 2.24) is 4.57 Å². The molecule has 0 saturated carbocycles. The Morgan fingerprint density at radius 1 is 1.08 bits per heavy atom. The largest absolute Gasteiger partial charge is 0.497 e. The van der Waals surface area contributed by atoms with Gasteiger partial charge in [-0.1, -0.05) is 35.9 Å². The van der Waals surface area contributed by atoms with Crippen LogP contribution in [0.5, 0.6) is 5.75 Å². The van der Waals surface area contributed by atoms with Gasteiger partial charge in [0.2, 0.25) is 0 Å². The lowest BCUT2D eigenvalue weighted by atomic mass is 10.1. The minimum atomic E-state index is 0.553. The minimum absolute atomic E-state index is 0.553. The molecule has 2 N–H and O–H groups in total. The van der Waals surface area contributed by atoms with Gasteiger partial charge in [-0.05, 0) is 41.5 Å². The van der Waals surface area contributed by atoms with E-state index in [4.69, 9.17) is 22.1 Å². The van der Waals surface area contributed by atoms with Gasteiger partial charge in [0.1, 0.15) is 17.5 Å². The molecule has 0 bridgehead atoms. The van der Waals surface area contributed by atoms with Crippen molar-refractivity contribution < 1.29 is 4.74 Å². The highest BCUT2D eigenvalue weighted by Gasteiger charge is 2.14. The maximum atomic E-state index is 9.46. The molecule has 3 rings (SSSR count). The fraction of sp³-hybridized carbons (Fsp3) is 0.150. The van der Waals surface area contributed by atoms with Crippen molar-refractivity contribution in [3.8, 4) is 11.8 Å². The van der Waals surface area contributed by atoms with Crippen molar-refractivity contribution in [2.24, 2.45) is 0 Å². The standard InChI is InChI=1S/C20H18ClN3O/c1-25-18-8-4-15(5-9-18)13-24-17(12-22)11-19(23)20(24)10-14-2-6-16(21)7-3-14/h2-9,11H,10,13,23H2,1H3. The SMILES string of the molecule is COc1ccc(Cn2c(C#N)cc(N)c2Cc2ccc(Cl)cc2)cc1. The van der Waals surface area contributed by atoms with Crippen molar-refractivity contribution in [3.05, 3.63) is 82.1 Å². The van der Waals surface area contributed by atoms with Crippen LogP contribution in [-0.4, -0.2) is 11.7 Å². The molecule has 1 heterocycles. The molecule has 0 spiro atoms. The van der Waals surface area contributed by atoms with Gasteiger partial charge in [0.05, 0.1) is 12.8 Å². The van der Waals surface area contributed by atoms with Crippen LogP contribution in [0.3, 0.4) is 0 Å². The summed E-state index contributed by atoms with van der Waals surface area (Å²) in [6.45, 7) is 0.576. The lowest BCUT2D eigenvalue weighted by Crippen LogP contribution is -2.08. The molecule has 5 heteroatoms. The first-order valence-electron chi connectivity index (χ1n) is 7.86. The van der Waals surface area contributed by atoms with Crippen molar-refractivity contribution in [2.45, 2.75) is 13.0 Å². The summed E-state index contributed by atoms with van der Waals surface area (Å²) in [6.07, 6.45) is 0.640. The Bertz CT molecular complexity index is 906. The van der Waals surface area contributed by atoms with Crippen molar-refractivity contribution in [3.63, 3.8) is 0 Å². The number of nitriles is 1. The molecule has 0 aliphatic heterocycles. The summed E-state index contributed by atoms with van der Waals surface area (Å²) in [5.74, 6) is 0.803. The summed E-state index contributed by atoms with van der Waals surface area (Å²) in [6, 6.07) is 19.4. The zero-order valence-corrected chi connectivity index (χ0v) is 14.6. The zero-order valence-electron chi connectivity index (χ0n) is 13.9. The molecule has 0 unspecified atom stereocenters. The third kappa shape index (κ3) is 3.78. The second-order valence-corrected chi connectivity index (χ2v) is 6.22. The summed E-state index contributed by atoms with van der Waals surface area (Å²) in [7, 11) is 1.64. The summed E-state index contributed by atoms with van der Waals surface area (Å²) in [5, 5.41) is 10.2. The molecule has 0 aliphatic rings. The summed E-state index contributed by atoms with van der Waals surface area (Å²) < 4.78 is 7.15. The summed E-state index contributed by atoms with van der Waals surface area (Å²) >= 11 is 5.95. The average molecular weight is 352 g/mol. The van der Waals surface area contributed by atoms with Crippen LogP contribution in [0, 0.1) is 11.3 Å². The molecule has 4 nitrogen and oxygen atoms in total. The number of hydrogen-bond donors (Lipinski definition) is 1. The zero-order chi connectivity index (χ0) is 17.8. The normalized spacial score (nSPS) is 10.4. The first-order valence-corrected chi connectivity index (χ1v) is 8.24. The van der Waals surface area contributed by atoms with Crippen LogP contribution in [-0.2, 0) is 13.0 Å².